The Labute approximate surface area is 244 Å². The van der Waals surface area contributed by atoms with Crippen LogP contribution in [0.2, 0.25) is 10.0 Å². The van der Waals surface area contributed by atoms with Crippen molar-refractivity contribution < 1.29 is 22.4 Å². The molecule has 3 aromatic rings. The van der Waals surface area contributed by atoms with E-state index < -0.39 is 39.9 Å². The van der Waals surface area contributed by atoms with Gasteiger partial charge in [-0.25, -0.2) is 12.8 Å². The molecule has 0 unspecified atom stereocenters. The van der Waals surface area contributed by atoms with Gasteiger partial charge in [0.2, 0.25) is 11.8 Å². The quantitative estimate of drug-likeness (QED) is 0.304. The number of halogens is 3. The fraction of sp³-hybridized carbons (Fsp3) is 0.310. The summed E-state index contributed by atoms with van der Waals surface area (Å²) in [5.41, 5.74) is 0.282. The van der Waals surface area contributed by atoms with E-state index in [1.807, 2.05) is 20.8 Å². The largest absolute Gasteiger partial charge is 0.350 e. The Bertz CT molecular complexity index is 1450. The van der Waals surface area contributed by atoms with Crippen LogP contribution in [0.4, 0.5) is 10.1 Å². The molecule has 40 heavy (non-hydrogen) atoms. The standard InChI is InChI=1S/C29H32Cl2FN3O4S/c1-5-26(28(37)33-29(2,3)4)34(18-20-11-16-24(30)25(31)17-20)27(36)19-35(22-9-7-6-8-10-22)40(38,39)23-14-12-21(32)13-15-23/h6-17,26H,5,18-19H2,1-4H3,(H,33,37)/t26-/m1/s1. The molecule has 2 amide bonds. The van der Waals surface area contributed by atoms with E-state index in [9.17, 15) is 22.4 Å². The number of amides is 2. The number of hydrogen-bond donors (Lipinski definition) is 1. The van der Waals surface area contributed by atoms with Crippen molar-refractivity contribution in [1.82, 2.24) is 10.2 Å². The number of para-hydroxylation sites is 1. The minimum Gasteiger partial charge on any atom is -0.350 e. The summed E-state index contributed by atoms with van der Waals surface area (Å²) in [7, 11) is -4.29. The van der Waals surface area contributed by atoms with E-state index in [0.29, 0.717) is 10.6 Å². The third-order valence-electron chi connectivity index (χ3n) is 5.95. The smallest absolute Gasteiger partial charge is 0.264 e. The molecule has 0 fully saturated rings. The van der Waals surface area contributed by atoms with E-state index in [4.69, 9.17) is 23.2 Å². The summed E-state index contributed by atoms with van der Waals surface area (Å²) in [6, 6.07) is 16.5. The second-order valence-electron chi connectivity index (χ2n) is 10.2. The molecule has 214 valence electrons. The highest BCUT2D eigenvalue weighted by Gasteiger charge is 2.34. The lowest BCUT2D eigenvalue weighted by molar-refractivity contribution is -0.141. The van der Waals surface area contributed by atoms with Crippen molar-refractivity contribution in [3.05, 3.63) is 94.2 Å². The third kappa shape index (κ3) is 7.96. The van der Waals surface area contributed by atoms with Gasteiger partial charge in [0, 0.05) is 12.1 Å². The fourth-order valence-corrected chi connectivity index (χ4v) is 5.80. The second-order valence-corrected chi connectivity index (χ2v) is 12.9. The lowest BCUT2D eigenvalue weighted by atomic mass is 10.1. The minimum atomic E-state index is -4.29. The van der Waals surface area contributed by atoms with E-state index in [1.165, 1.54) is 4.90 Å². The van der Waals surface area contributed by atoms with E-state index in [-0.39, 0.29) is 34.5 Å². The summed E-state index contributed by atoms with van der Waals surface area (Å²) >= 11 is 12.3. The highest BCUT2D eigenvalue weighted by Crippen LogP contribution is 2.27. The van der Waals surface area contributed by atoms with Crippen LogP contribution in [0.1, 0.15) is 39.7 Å². The van der Waals surface area contributed by atoms with E-state index >= 15 is 0 Å². The topological polar surface area (TPSA) is 86.8 Å². The lowest BCUT2D eigenvalue weighted by Gasteiger charge is -2.34. The Morgan fingerprint density at radius 2 is 1.57 bits per heavy atom. The van der Waals surface area contributed by atoms with Crippen molar-refractivity contribution >= 4 is 50.7 Å². The molecule has 3 rings (SSSR count). The number of carbonyl (C=O) groups excluding carboxylic acids is 2. The van der Waals surface area contributed by atoms with Crippen molar-refractivity contribution in [1.29, 1.82) is 0 Å². The summed E-state index contributed by atoms with van der Waals surface area (Å²) in [5, 5.41) is 3.53. The van der Waals surface area contributed by atoms with Crippen LogP contribution in [0.15, 0.2) is 77.7 Å². The number of rotatable bonds is 10. The molecule has 0 aromatic heterocycles. The van der Waals surface area contributed by atoms with Gasteiger partial charge in [-0.05, 0) is 81.3 Å². The van der Waals surface area contributed by atoms with Gasteiger partial charge in [0.15, 0.2) is 0 Å². The highest BCUT2D eigenvalue weighted by atomic mass is 35.5. The van der Waals surface area contributed by atoms with Gasteiger partial charge in [0.1, 0.15) is 18.4 Å². The maximum atomic E-state index is 14.0. The van der Waals surface area contributed by atoms with Gasteiger partial charge in [-0.15, -0.1) is 0 Å². The number of anilines is 1. The number of carbonyl (C=O) groups is 2. The molecular formula is C29H32Cl2FN3O4S. The van der Waals surface area contributed by atoms with E-state index in [1.54, 1.807) is 55.5 Å². The van der Waals surface area contributed by atoms with Gasteiger partial charge >= 0.3 is 0 Å². The third-order valence-corrected chi connectivity index (χ3v) is 8.47. The number of hydrogen-bond acceptors (Lipinski definition) is 4. The first-order valence-electron chi connectivity index (χ1n) is 12.6. The van der Waals surface area contributed by atoms with Gasteiger partial charge < -0.3 is 10.2 Å². The van der Waals surface area contributed by atoms with Gasteiger partial charge in [-0.2, -0.15) is 0 Å². The Morgan fingerprint density at radius 3 is 2.12 bits per heavy atom. The molecule has 0 saturated heterocycles. The molecule has 1 atom stereocenters. The van der Waals surface area contributed by atoms with Crippen molar-refractivity contribution in [2.45, 2.75) is 57.1 Å². The van der Waals surface area contributed by atoms with Crippen molar-refractivity contribution in [2.75, 3.05) is 10.8 Å². The summed E-state index contributed by atoms with van der Waals surface area (Å²) in [4.78, 5) is 28.5. The Kier molecular flexibility index (Phi) is 10.2. The van der Waals surface area contributed by atoms with Crippen LogP contribution in [0.5, 0.6) is 0 Å². The zero-order valence-electron chi connectivity index (χ0n) is 22.7. The predicted molar refractivity (Wildman–Crippen MR) is 156 cm³/mol. The molecule has 0 aliphatic rings. The maximum absolute atomic E-state index is 14.0. The summed E-state index contributed by atoms with van der Waals surface area (Å²) in [5.74, 6) is -1.59. The summed E-state index contributed by atoms with van der Waals surface area (Å²) in [6.45, 7) is 6.63. The van der Waals surface area contributed by atoms with Crippen LogP contribution in [-0.4, -0.2) is 43.3 Å². The van der Waals surface area contributed by atoms with Gasteiger partial charge in [0.25, 0.3) is 10.0 Å². The normalized spacial score (nSPS) is 12.5. The van der Waals surface area contributed by atoms with E-state index in [0.717, 1.165) is 28.6 Å². The number of nitrogens with one attached hydrogen (secondary N) is 1. The Balaban J connectivity index is 2.06. The first-order valence-corrected chi connectivity index (χ1v) is 14.8. The second kappa shape index (κ2) is 13.0. The molecule has 0 aliphatic heterocycles. The zero-order chi connectivity index (χ0) is 29.7. The van der Waals surface area contributed by atoms with Crippen LogP contribution in [0.3, 0.4) is 0 Å². The van der Waals surface area contributed by atoms with Crippen LogP contribution in [-0.2, 0) is 26.2 Å². The molecule has 0 heterocycles. The molecular weight excluding hydrogens is 576 g/mol. The first-order chi connectivity index (χ1) is 18.7. The van der Waals surface area contributed by atoms with Crippen molar-refractivity contribution in [2.24, 2.45) is 0 Å². The summed E-state index contributed by atoms with van der Waals surface area (Å²) in [6.07, 6.45) is 0.269. The van der Waals surface area contributed by atoms with Crippen LogP contribution >= 0.6 is 23.2 Å². The van der Waals surface area contributed by atoms with Crippen molar-refractivity contribution in [3.63, 3.8) is 0 Å². The van der Waals surface area contributed by atoms with Crippen LogP contribution in [0, 0.1) is 5.82 Å². The van der Waals surface area contributed by atoms with E-state index in [2.05, 4.69) is 5.32 Å². The Morgan fingerprint density at radius 1 is 0.950 bits per heavy atom. The van der Waals surface area contributed by atoms with Gasteiger partial charge in [-0.3, -0.25) is 13.9 Å². The Hall–Kier alpha value is -3.14. The monoisotopic (exact) mass is 607 g/mol. The molecule has 0 bridgehead atoms. The average Bonchev–Trinajstić information content (AvgIpc) is 2.88. The molecule has 0 aliphatic carbocycles. The highest BCUT2D eigenvalue weighted by molar-refractivity contribution is 7.92. The maximum Gasteiger partial charge on any atom is 0.264 e. The first kappa shape index (κ1) is 31.4. The predicted octanol–water partition coefficient (Wildman–Crippen LogP) is 6.05. The SMILES string of the molecule is CC[C@H](C(=O)NC(C)(C)C)N(Cc1ccc(Cl)c(Cl)c1)C(=O)CN(c1ccccc1)S(=O)(=O)c1ccc(F)cc1. The number of benzene rings is 3. The molecule has 0 radical (unpaired) electrons. The van der Waals surface area contributed by atoms with Crippen molar-refractivity contribution in [3.8, 4) is 0 Å². The molecule has 7 nitrogen and oxygen atoms in total. The van der Waals surface area contributed by atoms with Gasteiger partial charge in [0.05, 0.1) is 20.6 Å². The number of sulfonamides is 1. The summed E-state index contributed by atoms with van der Waals surface area (Å²) < 4.78 is 42.0. The lowest BCUT2D eigenvalue weighted by Crippen LogP contribution is -2.55. The number of nitrogens with zero attached hydrogens (tertiary/aromatic N) is 2. The molecule has 11 heteroatoms. The molecule has 3 aromatic carbocycles. The zero-order valence-corrected chi connectivity index (χ0v) is 25.0. The minimum absolute atomic E-state index is 0.0228. The van der Waals surface area contributed by atoms with Crippen LogP contribution < -0.4 is 9.62 Å². The fourth-order valence-electron chi connectivity index (χ4n) is 4.06. The van der Waals surface area contributed by atoms with Gasteiger partial charge in [-0.1, -0.05) is 54.4 Å². The molecule has 1 N–H and O–H groups in total. The molecule has 0 spiro atoms. The molecule has 0 saturated carbocycles. The average molecular weight is 609 g/mol. The van der Waals surface area contributed by atoms with Crippen LogP contribution in [0.25, 0.3) is 0 Å².